The van der Waals surface area contributed by atoms with E-state index in [1.54, 1.807) is 12.3 Å². The Morgan fingerprint density at radius 1 is 1.17 bits per heavy atom. The molecule has 190 valence electrons. The molecule has 0 aliphatic carbocycles. The number of anilines is 2. The van der Waals surface area contributed by atoms with Crippen LogP contribution in [0.15, 0.2) is 24.4 Å². The van der Waals surface area contributed by atoms with Crippen molar-refractivity contribution in [3.8, 4) is 0 Å². The van der Waals surface area contributed by atoms with Gasteiger partial charge in [-0.3, -0.25) is 9.69 Å². The molecule has 2 aliphatic rings. The monoisotopic (exact) mass is 540 g/mol. The predicted molar refractivity (Wildman–Crippen MR) is 141 cm³/mol. The van der Waals surface area contributed by atoms with Gasteiger partial charge in [0.15, 0.2) is 5.82 Å². The van der Waals surface area contributed by atoms with Gasteiger partial charge in [-0.05, 0) is 44.0 Å². The highest BCUT2D eigenvalue weighted by molar-refractivity contribution is 6.35. The first-order valence-electron chi connectivity index (χ1n) is 12.0. The summed E-state index contributed by atoms with van der Waals surface area (Å²) in [5.41, 5.74) is 0.908. The summed E-state index contributed by atoms with van der Waals surface area (Å²) in [5.74, 6) is 0.486. The number of piperazine rings is 1. The molecule has 0 radical (unpaired) electrons. The third kappa shape index (κ3) is 6.89. The van der Waals surface area contributed by atoms with Crippen molar-refractivity contribution >= 4 is 52.5 Å². The molecular weight excluding hydrogens is 511 g/mol. The number of hydrogen-bond acceptors (Lipinski definition) is 7. The minimum atomic E-state index is -0.733. The topological polar surface area (TPSA) is 84.8 Å². The molecule has 2 aliphatic heterocycles. The number of nitrogens with one attached hydrogen (secondary N) is 1. The van der Waals surface area contributed by atoms with Crippen molar-refractivity contribution < 1.29 is 9.90 Å². The van der Waals surface area contributed by atoms with E-state index in [0.29, 0.717) is 39.4 Å². The zero-order valence-corrected chi connectivity index (χ0v) is 22.0. The summed E-state index contributed by atoms with van der Waals surface area (Å²) in [7, 11) is 0. The molecular formula is C24H31Cl3N6O2. The van der Waals surface area contributed by atoms with E-state index >= 15 is 0 Å². The molecule has 2 N–H and O–H groups in total. The van der Waals surface area contributed by atoms with Crippen molar-refractivity contribution in [3.63, 3.8) is 0 Å². The normalized spacial score (nSPS) is 20.6. The quantitative estimate of drug-likeness (QED) is 0.499. The number of benzene rings is 1. The second-order valence-electron chi connectivity index (χ2n) is 9.16. The fraction of sp³-hybridized carbons (Fsp3) is 0.542. The number of piperidine rings is 1. The summed E-state index contributed by atoms with van der Waals surface area (Å²) >= 11 is 18.8. The molecule has 2 fully saturated rings. The van der Waals surface area contributed by atoms with Gasteiger partial charge in [-0.25, -0.2) is 4.98 Å². The van der Waals surface area contributed by atoms with Crippen LogP contribution in [0.3, 0.4) is 0 Å². The van der Waals surface area contributed by atoms with Crippen LogP contribution in [0.4, 0.5) is 11.8 Å². The number of nitrogens with zero attached hydrogens (tertiary/aromatic N) is 5. The van der Waals surface area contributed by atoms with E-state index in [1.165, 1.54) is 0 Å². The second-order valence-corrected chi connectivity index (χ2v) is 10.4. The van der Waals surface area contributed by atoms with Gasteiger partial charge in [0.05, 0.1) is 18.7 Å². The van der Waals surface area contributed by atoms with Crippen LogP contribution < -0.4 is 10.2 Å². The molecule has 0 saturated carbocycles. The van der Waals surface area contributed by atoms with Crippen LogP contribution in [0.1, 0.15) is 37.8 Å². The third-order valence-corrected chi connectivity index (χ3v) is 7.59. The number of carboxylic acid groups (broad SMARTS) is 1. The van der Waals surface area contributed by atoms with Gasteiger partial charge in [0.1, 0.15) is 5.02 Å². The van der Waals surface area contributed by atoms with Gasteiger partial charge in [0.25, 0.3) is 0 Å². The maximum atomic E-state index is 10.9. The molecule has 2 atom stereocenters. The van der Waals surface area contributed by atoms with Gasteiger partial charge in [0, 0.05) is 55.4 Å². The number of aromatic nitrogens is 2. The van der Waals surface area contributed by atoms with Crippen LogP contribution in [-0.2, 0) is 4.79 Å². The number of carbonyl (C=O) groups is 1. The summed E-state index contributed by atoms with van der Waals surface area (Å²) in [5, 5.41) is 14.0. The van der Waals surface area contributed by atoms with Gasteiger partial charge in [-0.2, -0.15) is 4.98 Å². The molecule has 35 heavy (non-hydrogen) atoms. The largest absolute Gasteiger partial charge is 0.481 e. The van der Waals surface area contributed by atoms with E-state index in [4.69, 9.17) is 44.9 Å². The van der Waals surface area contributed by atoms with Crippen molar-refractivity contribution in [3.05, 3.63) is 45.0 Å². The molecule has 3 heterocycles. The molecule has 2 aromatic rings. The fourth-order valence-electron chi connectivity index (χ4n) is 4.82. The molecule has 0 amide bonds. The van der Waals surface area contributed by atoms with Crippen molar-refractivity contribution in [2.75, 3.05) is 56.0 Å². The molecule has 2 saturated heterocycles. The number of aliphatic carboxylic acids is 1. The van der Waals surface area contributed by atoms with Gasteiger partial charge in [0.2, 0.25) is 5.95 Å². The Kier molecular flexibility index (Phi) is 8.94. The van der Waals surface area contributed by atoms with Crippen molar-refractivity contribution in [2.24, 2.45) is 0 Å². The number of halogens is 3. The van der Waals surface area contributed by atoms with Crippen LogP contribution >= 0.6 is 34.8 Å². The number of likely N-dealkylation sites (tertiary alicyclic amines) is 1. The highest BCUT2D eigenvalue weighted by Gasteiger charge is 2.29. The first-order valence-corrected chi connectivity index (χ1v) is 13.1. The zero-order chi connectivity index (χ0) is 24.9. The van der Waals surface area contributed by atoms with Crippen molar-refractivity contribution in [2.45, 2.75) is 38.3 Å². The minimum absolute atomic E-state index is 0.118. The average molecular weight is 542 g/mol. The first kappa shape index (κ1) is 26.2. The van der Waals surface area contributed by atoms with Gasteiger partial charge < -0.3 is 20.2 Å². The molecule has 0 bridgehead atoms. The summed E-state index contributed by atoms with van der Waals surface area (Å²) in [6.07, 6.45) is 4.10. The lowest BCUT2D eigenvalue weighted by Gasteiger charge is -2.43. The van der Waals surface area contributed by atoms with Crippen molar-refractivity contribution in [1.29, 1.82) is 0 Å². The zero-order valence-electron chi connectivity index (χ0n) is 19.8. The van der Waals surface area contributed by atoms with Crippen LogP contribution in [-0.4, -0.2) is 82.7 Å². The van der Waals surface area contributed by atoms with E-state index in [2.05, 4.69) is 25.0 Å². The molecule has 4 rings (SSSR count). The van der Waals surface area contributed by atoms with Gasteiger partial charge >= 0.3 is 5.97 Å². The number of rotatable bonds is 8. The van der Waals surface area contributed by atoms with E-state index in [-0.39, 0.29) is 12.5 Å². The highest BCUT2D eigenvalue weighted by atomic mass is 35.5. The SMILES string of the molecule is CC(Nc1nc(N2CCN(C3CCCN(CCC(=O)O)C3)CC2)ncc1Cl)c1ccc(Cl)cc1Cl. The Balaban J connectivity index is 1.35. The lowest BCUT2D eigenvalue weighted by Crippen LogP contribution is -2.55. The lowest BCUT2D eigenvalue weighted by molar-refractivity contribution is -0.137. The van der Waals surface area contributed by atoms with Crippen LogP contribution in [0, 0.1) is 0 Å². The minimum Gasteiger partial charge on any atom is -0.481 e. The third-order valence-electron chi connectivity index (χ3n) is 6.75. The molecule has 1 aromatic heterocycles. The Hall–Kier alpha value is -1.84. The second kappa shape index (κ2) is 11.9. The molecule has 11 heteroatoms. The summed E-state index contributed by atoms with van der Waals surface area (Å²) < 4.78 is 0. The number of carboxylic acids is 1. The van der Waals surface area contributed by atoms with E-state index < -0.39 is 5.97 Å². The van der Waals surface area contributed by atoms with E-state index in [9.17, 15) is 4.79 Å². The van der Waals surface area contributed by atoms with Crippen molar-refractivity contribution in [1.82, 2.24) is 19.8 Å². The van der Waals surface area contributed by atoms with Crippen LogP contribution in [0.5, 0.6) is 0 Å². The maximum Gasteiger partial charge on any atom is 0.304 e. The van der Waals surface area contributed by atoms with E-state index in [1.807, 2.05) is 19.1 Å². The lowest BCUT2D eigenvalue weighted by atomic mass is 10.0. The maximum absolute atomic E-state index is 10.9. The number of hydrogen-bond donors (Lipinski definition) is 2. The summed E-state index contributed by atoms with van der Waals surface area (Å²) in [6.45, 7) is 8.03. The van der Waals surface area contributed by atoms with Gasteiger partial charge in [-0.15, -0.1) is 0 Å². The molecule has 0 spiro atoms. The fourth-order valence-corrected chi connectivity index (χ4v) is 5.54. The Morgan fingerprint density at radius 3 is 2.66 bits per heavy atom. The summed E-state index contributed by atoms with van der Waals surface area (Å²) in [6, 6.07) is 5.78. The predicted octanol–water partition coefficient (Wildman–Crippen LogP) is 4.67. The average Bonchev–Trinajstić information content (AvgIpc) is 2.84. The Bertz CT molecular complexity index is 1030. The molecule has 1 aromatic carbocycles. The standard InChI is InChI=1S/C24H31Cl3N6O2/c1-16(19-5-4-17(25)13-20(19)26)29-23-21(27)14-28-24(30-23)33-11-9-32(10-12-33)18-3-2-7-31(15-18)8-6-22(34)35/h4-5,13-14,16,18H,2-3,6-12,15H2,1H3,(H,34,35)(H,28,29,30). The Labute approximate surface area is 221 Å². The molecule has 8 nitrogen and oxygen atoms in total. The van der Waals surface area contributed by atoms with E-state index in [0.717, 1.165) is 57.7 Å². The first-order chi connectivity index (χ1) is 16.8. The smallest absolute Gasteiger partial charge is 0.304 e. The highest BCUT2D eigenvalue weighted by Crippen LogP contribution is 2.31. The molecule has 2 unspecified atom stereocenters. The Morgan fingerprint density at radius 2 is 1.94 bits per heavy atom. The van der Waals surface area contributed by atoms with Gasteiger partial charge in [-0.1, -0.05) is 40.9 Å². The van der Waals surface area contributed by atoms with Crippen LogP contribution in [0.2, 0.25) is 15.1 Å². The summed E-state index contributed by atoms with van der Waals surface area (Å²) in [4.78, 5) is 27.1. The van der Waals surface area contributed by atoms with Crippen LogP contribution in [0.25, 0.3) is 0 Å².